The van der Waals surface area contributed by atoms with Crippen molar-refractivity contribution in [2.75, 3.05) is 33.0 Å². The van der Waals surface area contributed by atoms with Crippen LogP contribution in [0.1, 0.15) is 356 Å². The molecule has 12 nitrogen and oxygen atoms in total. The van der Waals surface area contributed by atoms with Crippen LogP contribution in [0, 0.1) is 0 Å². The zero-order valence-electron chi connectivity index (χ0n) is 54.1. The Kier molecular flexibility index (Phi) is 104. The molecule has 0 aliphatic rings. The van der Waals surface area contributed by atoms with E-state index in [1.54, 1.807) is 0 Å². The largest absolute Gasteiger partial charge is 1.00 e. The van der Waals surface area contributed by atoms with Gasteiger partial charge in [-0.1, -0.05) is 324 Å². The number of phosphoric ester groups is 3. The topological polar surface area (TPSA) is 190 Å². The van der Waals surface area contributed by atoms with Crippen molar-refractivity contribution in [1.29, 1.82) is 0 Å². The van der Waals surface area contributed by atoms with Crippen molar-refractivity contribution in [3.05, 3.63) is 0 Å². The molecule has 0 aromatic heterocycles. The molecule has 0 N–H and O–H groups in total. The Morgan fingerprint density at radius 3 is 0.443 bits per heavy atom. The molecule has 0 unspecified atom stereocenters. The van der Waals surface area contributed by atoms with E-state index in [1.807, 2.05) is 0 Å². The van der Waals surface area contributed by atoms with Crippen LogP contribution in [0.2, 0.25) is 0 Å². The predicted molar refractivity (Wildman–Crippen MR) is 312 cm³/mol. The smallest absolute Gasteiger partial charge is 0.790 e. The van der Waals surface area contributed by atoms with Gasteiger partial charge in [0.2, 0.25) is 0 Å². The number of hydrogen-bond acceptors (Lipinski definition) is 12. The summed E-state index contributed by atoms with van der Waals surface area (Å²) in [5, 5.41) is 0. The predicted octanol–water partition coefficient (Wildman–Crippen LogP) is 7.43. The van der Waals surface area contributed by atoms with Crippen molar-refractivity contribution in [1.82, 2.24) is 0 Å². The second kappa shape index (κ2) is 82.9. The Balaban J connectivity index is -0.000000198. The Hall–Kier alpha value is 6.88. The van der Waals surface area contributed by atoms with Crippen LogP contribution in [0.15, 0.2) is 0 Å². The molecule has 0 rings (SSSR count). The number of unbranched alkanes of at least 4 members (excludes halogenated alkanes) is 45. The fourth-order valence-corrected chi connectivity index (χ4v) is 10.8. The molecule has 0 aliphatic heterocycles. The van der Waals surface area contributed by atoms with Crippen molar-refractivity contribution >= 4 is 23.5 Å². The average molecular weight is 1290 g/mol. The summed E-state index contributed by atoms with van der Waals surface area (Å²) in [6.45, 7) is 12.3. The van der Waals surface area contributed by atoms with Crippen LogP contribution in [0.5, 0.6) is 0 Å². The number of hydrogen-bond donors (Lipinski definition) is 0. The normalized spacial score (nSPS) is 11.4. The van der Waals surface area contributed by atoms with Gasteiger partial charge in [0.05, 0.1) is 40.9 Å². The maximum Gasteiger partial charge on any atom is 1.00 e. The van der Waals surface area contributed by atoms with Gasteiger partial charge in [-0.05, 0) is 32.1 Å². The van der Waals surface area contributed by atoms with Gasteiger partial charge in [-0.3, -0.25) is 9.13 Å². The SMILES string of the molecule is CCCCCCCCCCCCOP(=O)([O-])OCCCCCCCCCCCC.CCCCCCCCCCCCOP(=O)([O-])OCCCCCCCCCCCC.CCCCCCCCCCCCOP(=O)([O-])[O-].[K+].[K+].[K+].[K+]. The van der Waals surface area contributed by atoms with Gasteiger partial charge < -0.3 is 46.8 Å². The molecule has 0 aromatic rings. The first-order chi connectivity index (χ1) is 36.3. The molecule has 456 valence electrons. The van der Waals surface area contributed by atoms with Crippen molar-refractivity contribution < 1.29 is 261 Å². The summed E-state index contributed by atoms with van der Waals surface area (Å²) < 4.78 is 57.6. The Bertz CT molecular complexity index is 1100. The molecule has 0 saturated carbocycles. The quantitative estimate of drug-likeness (QED) is 0.0333. The van der Waals surface area contributed by atoms with Gasteiger partial charge in [0, 0.05) is 0 Å². The molecule has 0 saturated heterocycles. The van der Waals surface area contributed by atoms with Crippen LogP contribution in [-0.4, -0.2) is 33.0 Å². The van der Waals surface area contributed by atoms with Crippen LogP contribution in [0.3, 0.4) is 0 Å². The summed E-state index contributed by atoms with van der Waals surface area (Å²) in [6, 6.07) is 0. The standard InChI is InChI=1S/2C24H51O4P.C12H27O4P.4K/c2*1-3-5-7-9-11-13-15-17-19-21-23-27-29(25,26)28-24-22-20-18-16-14-12-10-8-6-4-2;1-2-3-4-5-6-7-8-9-10-11-12-16-17(13,14)15;;;;/h2*3-24H2,1-2H3,(H,25,26);2-12H2,1H3,(H2,13,14,15);;;;/q;;;4*+1/p-4. The molecule has 0 aromatic carbocycles. The van der Waals surface area contributed by atoms with Crippen molar-refractivity contribution in [2.24, 2.45) is 0 Å². The van der Waals surface area contributed by atoms with Gasteiger partial charge in [0.1, 0.15) is 0 Å². The first-order valence-corrected chi connectivity index (χ1v) is 36.6. The minimum atomic E-state index is -4.74. The maximum absolute atomic E-state index is 11.7. The van der Waals surface area contributed by atoms with Gasteiger partial charge in [-0.15, -0.1) is 0 Å². The first kappa shape index (κ1) is 99.4. The maximum atomic E-state index is 11.7. The Morgan fingerprint density at radius 1 is 0.203 bits per heavy atom. The van der Waals surface area contributed by atoms with Crippen LogP contribution >= 0.6 is 23.5 Å². The van der Waals surface area contributed by atoms with Gasteiger partial charge in [-0.2, -0.15) is 0 Å². The van der Waals surface area contributed by atoms with Crippen LogP contribution < -0.4 is 225 Å². The fourth-order valence-electron chi connectivity index (χ4n) is 8.90. The van der Waals surface area contributed by atoms with E-state index in [9.17, 15) is 33.3 Å². The molecule has 0 heterocycles. The molecule has 19 heteroatoms. The molecule has 0 aliphatic carbocycles. The van der Waals surface area contributed by atoms with Crippen LogP contribution in [0.25, 0.3) is 0 Å². The van der Waals surface area contributed by atoms with Crippen molar-refractivity contribution in [3.63, 3.8) is 0 Å². The summed E-state index contributed by atoms with van der Waals surface area (Å²) in [5.41, 5.74) is 0. The van der Waals surface area contributed by atoms with E-state index >= 15 is 0 Å². The summed E-state index contributed by atoms with van der Waals surface area (Å²) in [5.74, 6) is 0. The molecular formula is C60H125K4O12P3. The van der Waals surface area contributed by atoms with E-state index in [-0.39, 0.29) is 239 Å². The molecular weight excluding hydrogens is 1160 g/mol. The van der Waals surface area contributed by atoms with E-state index in [4.69, 9.17) is 18.1 Å². The van der Waals surface area contributed by atoms with Crippen molar-refractivity contribution in [2.45, 2.75) is 356 Å². The Labute approximate surface area is 661 Å². The summed E-state index contributed by atoms with van der Waals surface area (Å²) in [4.78, 5) is 43.8. The monoisotopic (exact) mass is 1290 g/mol. The van der Waals surface area contributed by atoms with E-state index < -0.39 is 23.5 Å². The third-order valence-electron chi connectivity index (χ3n) is 13.7. The van der Waals surface area contributed by atoms with Crippen LogP contribution in [0.4, 0.5) is 0 Å². The van der Waals surface area contributed by atoms with Crippen molar-refractivity contribution in [3.8, 4) is 0 Å². The molecule has 0 amide bonds. The average Bonchev–Trinajstić information content (AvgIpc) is 3.37. The molecule has 0 spiro atoms. The number of rotatable bonds is 60. The van der Waals surface area contributed by atoms with E-state index in [2.05, 4.69) is 39.1 Å². The molecule has 79 heavy (non-hydrogen) atoms. The van der Waals surface area contributed by atoms with Gasteiger partial charge >= 0.3 is 206 Å². The Morgan fingerprint density at radius 2 is 0.316 bits per heavy atom. The van der Waals surface area contributed by atoms with Crippen LogP contribution in [-0.2, 0) is 36.3 Å². The summed E-state index contributed by atoms with van der Waals surface area (Å²) in [7, 11) is -12.9. The third kappa shape index (κ3) is 98.6. The second-order valence-corrected chi connectivity index (χ2v) is 25.4. The first-order valence-electron chi connectivity index (χ1n) is 32.2. The molecule has 0 fully saturated rings. The van der Waals surface area contributed by atoms with Gasteiger partial charge in [0.25, 0.3) is 15.6 Å². The van der Waals surface area contributed by atoms with E-state index in [0.29, 0.717) is 6.42 Å². The molecule has 0 bridgehead atoms. The minimum absolute atomic E-state index is 0. The third-order valence-corrected chi connectivity index (χ3v) is 16.2. The molecule has 0 atom stereocenters. The van der Waals surface area contributed by atoms with Gasteiger partial charge in [0.15, 0.2) is 0 Å². The van der Waals surface area contributed by atoms with Gasteiger partial charge in [-0.25, -0.2) is 0 Å². The summed E-state index contributed by atoms with van der Waals surface area (Å²) >= 11 is 0. The fraction of sp³-hybridized carbons (Fsp3) is 1.00. The summed E-state index contributed by atoms with van der Waals surface area (Å²) in [6.07, 6.45) is 60.7. The van der Waals surface area contributed by atoms with E-state index in [0.717, 1.165) is 64.2 Å². The zero-order valence-corrected chi connectivity index (χ0v) is 69.3. The molecule has 0 radical (unpaired) electrons. The zero-order chi connectivity index (χ0) is 55.9. The number of phosphoric acid groups is 3. The second-order valence-electron chi connectivity index (χ2n) is 21.4. The minimum Gasteiger partial charge on any atom is -0.790 e. The van der Waals surface area contributed by atoms with E-state index in [1.165, 1.54) is 250 Å².